The van der Waals surface area contributed by atoms with E-state index in [0.717, 1.165) is 30.6 Å². The van der Waals surface area contributed by atoms with Crippen molar-refractivity contribution in [3.05, 3.63) is 77.0 Å². The average molecular weight is 603 g/mol. The van der Waals surface area contributed by atoms with Crippen LogP contribution in [0.25, 0.3) is 0 Å². The van der Waals surface area contributed by atoms with Gasteiger partial charge < -0.3 is 9.84 Å². The van der Waals surface area contributed by atoms with E-state index in [1.165, 1.54) is 18.3 Å². The lowest BCUT2D eigenvalue weighted by atomic mass is 9.79. The van der Waals surface area contributed by atoms with Crippen LogP contribution < -0.4 is 9.46 Å². The van der Waals surface area contributed by atoms with Gasteiger partial charge in [0.1, 0.15) is 34.7 Å². The molecule has 0 aliphatic heterocycles. The van der Waals surface area contributed by atoms with Gasteiger partial charge in [0.15, 0.2) is 0 Å². The number of aliphatic hydroxyl groups excluding tert-OH is 1. The highest BCUT2D eigenvalue weighted by molar-refractivity contribution is 7.92. The molecular formula is C26H27ClF4N4O4S. The van der Waals surface area contributed by atoms with Crippen LogP contribution in [0.4, 0.5) is 23.4 Å². The quantitative estimate of drug-likeness (QED) is 0.329. The Morgan fingerprint density at radius 1 is 1.20 bits per heavy atom. The van der Waals surface area contributed by atoms with Crippen molar-refractivity contribution < 1.29 is 35.8 Å². The zero-order valence-electron chi connectivity index (χ0n) is 21.3. The van der Waals surface area contributed by atoms with Crippen LogP contribution in [0.2, 0.25) is 5.02 Å². The minimum atomic E-state index is -4.46. The molecule has 8 nitrogen and oxygen atoms in total. The number of aromatic nitrogens is 2. The van der Waals surface area contributed by atoms with Crippen LogP contribution in [-0.2, 0) is 16.2 Å². The van der Waals surface area contributed by atoms with Crippen molar-refractivity contribution in [1.82, 2.24) is 14.9 Å². The van der Waals surface area contributed by atoms with Crippen LogP contribution in [-0.4, -0.2) is 60.7 Å². The van der Waals surface area contributed by atoms with Gasteiger partial charge >= 0.3 is 6.18 Å². The summed E-state index contributed by atoms with van der Waals surface area (Å²) in [6.07, 6.45) is -1.27. The van der Waals surface area contributed by atoms with Gasteiger partial charge in [-0.2, -0.15) is 13.2 Å². The Morgan fingerprint density at radius 3 is 2.65 bits per heavy atom. The third kappa shape index (κ3) is 7.00. The van der Waals surface area contributed by atoms with Gasteiger partial charge in [0, 0.05) is 24.8 Å². The maximum absolute atomic E-state index is 15.1. The summed E-state index contributed by atoms with van der Waals surface area (Å²) in [6.45, 7) is 0.114. The van der Waals surface area contributed by atoms with E-state index >= 15 is 4.39 Å². The van der Waals surface area contributed by atoms with Gasteiger partial charge in [-0.25, -0.2) is 22.8 Å². The van der Waals surface area contributed by atoms with Crippen molar-refractivity contribution in [2.75, 3.05) is 24.9 Å². The average Bonchev–Trinajstić information content (AvgIpc) is 2.90. The monoisotopic (exact) mass is 602 g/mol. The Labute approximate surface area is 234 Å². The molecule has 1 fully saturated rings. The maximum atomic E-state index is 15.1. The molecule has 1 saturated carbocycles. The second-order valence-electron chi connectivity index (χ2n) is 9.47. The van der Waals surface area contributed by atoms with Crippen molar-refractivity contribution in [1.29, 1.82) is 0 Å². The molecule has 14 heteroatoms. The van der Waals surface area contributed by atoms with Crippen molar-refractivity contribution in [2.24, 2.45) is 0 Å². The number of hydrogen-bond donors (Lipinski definition) is 2. The van der Waals surface area contributed by atoms with Gasteiger partial charge in [0.05, 0.1) is 17.2 Å². The third-order valence-corrected chi connectivity index (χ3v) is 8.50. The van der Waals surface area contributed by atoms with Gasteiger partial charge in [0.25, 0.3) is 10.0 Å². The van der Waals surface area contributed by atoms with E-state index < -0.39 is 38.6 Å². The van der Waals surface area contributed by atoms with E-state index in [0.29, 0.717) is 24.8 Å². The van der Waals surface area contributed by atoms with Gasteiger partial charge in [-0.3, -0.25) is 9.62 Å². The molecule has 0 amide bonds. The second-order valence-corrected chi connectivity index (χ2v) is 11.5. The van der Waals surface area contributed by atoms with Gasteiger partial charge in [0.2, 0.25) is 0 Å². The van der Waals surface area contributed by atoms with E-state index in [1.54, 1.807) is 13.1 Å². The van der Waals surface area contributed by atoms with E-state index in [1.807, 2.05) is 4.90 Å². The van der Waals surface area contributed by atoms with Gasteiger partial charge in [-0.05, 0) is 56.0 Å². The number of ether oxygens (including phenoxy) is 1. The number of nitrogens with one attached hydrogen (secondary N) is 1. The van der Waals surface area contributed by atoms with E-state index in [9.17, 15) is 26.7 Å². The molecule has 0 spiro atoms. The molecule has 2 N–H and O–H groups in total. The molecule has 0 saturated heterocycles. The summed E-state index contributed by atoms with van der Waals surface area (Å²) < 4.78 is 88.6. The van der Waals surface area contributed by atoms with Crippen LogP contribution in [0.5, 0.6) is 5.75 Å². The first-order valence-corrected chi connectivity index (χ1v) is 14.2. The predicted octanol–water partition coefficient (Wildman–Crippen LogP) is 5.10. The van der Waals surface area contributed by atoms with E-state index in [-0.39, 0.29) is 41.7 Å². The number of sulfonamides is 1. The maximum Gasteiger partial charge on any atom is 0.416 e. The van der Waals surface area contributed by atoms with Crippen LogP contribution in [0.15, 0.2) is 59.9 Å². The SMILES string of the molecule is CN(CCO)[C@H]1C[C@@H](c2cccc(C(F)(F)F)c2)CC[C@@H]1Oc1cc(F)c(S(=O)(=O)Nc2ccncn2)cc1Cl. The van der Waals surface area contributed by atoms with Gasteiger partial charge in [-0.1, -0.05) is 29.8 Å². The number of anilines is 1. The summed E-state index contributed by atoms with van der Waals surface area (Å²) in [5.74, 6) is -1.44. The van der Waals surface area contributed by atoms with Gasteiger partial charge in [-0.15, -0.1) is 0 Å². The number of likely N-dealkylation sites (N-methyl/N-ethyl adjacent to an activating group) is 1. The molecule has 216 valence electrons. The van der Waals surface area contributed by atoms with Crippen LogP contribution >= 0.6 is 11.6 Å². The zero-order chi connectivity index (χ0) is 29.1. The molecule has 1 aromatic heterocycles. The molecule has 1 heterocycles. The number of benzene rings is 2. The largest absolute Gasteiger partial charge is 0.487 e. The molecule has 0 bridgehead atoms. The molecule has 2 aromatic carbocycles. The number of aliphatic hydroxyl groups is 1. The zero-order valence-corrected chi connectivity index (χ0v) is 22.8. The van der Waals surface area contributed by atoms with Crippen molar-refractivity contribution in [3.63, 3.8) is 0 Å². The van der Waals surface area contributed by atoms with Crippen LogP contribution in [0, 0.1) is 5.82 Å². The van der Waals surface area contributed by atoms with Crippen LogP contribution in [0.3, 0.4) is 0 Å². The molecule has 0 unspecified atom stereocenters. The number of rotatable bonds is 9. The van der Waals surface area contributed by atoms with Crippen molar-refractivity contribution >= 4 is 27.4 Å². The first kappa shape index (κ1) is 30.0. The number of alkyl halides is 3. The predicted molar refractivity (Wildman–Crippen MR) is 140 cm³/mol. The summed E-state index contributed by atoms with van der Waals surface area (Å²) in [6, 6.07) is 7.98. The second kappa shape index (κ2) is 12.2. The van der Waals surface area contributed by atoms with E-state index in [2.05, 4.69) is 14.7 Å². The number of nitrogens with zero attached hydrogens (tertiary/aromatic N) is 3. The highest BCUT2D eigenvalue weighted by Crippen LogP contribution is 2.40. The molecule has 3 atom stereocenters. The van der Waals surface area contributed by atoms with Crippen molar-refractivity contribution in [2.45, 2.75) is 48.4 Å². The smallest absolute Gasteiger partial charge is 0.416 e. The first-order chi connectivity index (χ1) is 18.9. The molecular weight excluding hydrogens is 576 g/mol. The first-order valence-electron chi connectivity index (χ1n) is 12.3. The summed E-state index contributed by atoms with van der Waals surface area (Å²) in [5, 5.41) is 9.35. The highest BCUT2D eigenvalue weighted by atomic mass is 35.5. The lowest BCUT2D eigenvalue weighted by Crippen LogP contribution is -2.48. The van der Waals surface area contributed by atoms with E-state index in [4.69, 9.17) is 16.3 Å². The molecule has 1 aliphatic rings. The fourth-order valence-electron chi connectivity index (χ4n) is 4.83. The lowest BCUT2D eigenvalue weighted by Gasteiger charge is -2.41. The number of hydrogen-bond acceptors (Lipinski definition) is 7. The molecule has 1 aliphatic carbocycles. The lowest BCUT2D eigenvalue weighted by molar-refractivity contribution is -0.137. The van der Waals surface area contributed by atoms with Crippen LogP contribution in [0.1, 0.15) is 36.3 Å². The van der Waals surface area contributed by atoms with Crippen molar-refractivity contribution in [3.8, 4) is 5.75 Å². The fourth-order valence-corrected chi connectivity index (χ4v) is 6.20. The minimum Gasteiger partial charge on any atom is -0.487 e. The summed E-state index contributed by atoms with van der Waals surface area (Å²) in [4.78, 5) is 8.58. The summed E-state index contributed by atoms with van der Waals surface area (Å²) in [5.41, 5.74) is -0.180. The molecule has 3 aromatic rings. The standard InChI is InChI=1S/C26H27ClF4N4O4S/c1-35(9-10-36)21-12-17(16-3-2-4-18(11-16)26(29,30)31)5-6-22(21)39-23-14-20(28)24(13-19(23)27)40(37,38)34-25-7-8-32-15-33-25/h2-4,7-8,11,13-15,17,21-22,36H,5-6,9-10,12H2,1H3,(H,32,33,34)/t17-,21-,22-/m0/s1. The molecule has 4 rings (SSSR count). The minimum absolute atomic E-state index is 0.0573. The Hall–Kier alpha value is -3.00. The Bertz CT molecular complexity index is 1430. The molecule has 0 radical (unpaired) electrons. The molecule has 40 heavy (non-hydrogen) atoms. The Morgan fingerprint density at radius 2 is 1.98 bits per heavy atom. The summed E-state index contributed by atoms with van der Waals surface area (Å²) >= 11 is 6.33. The number of halogens is 5. The normalized spacial score (nSPS) is 19.9. The Kier molecular flexibility index (Phi) is 9.18. The fraction of sp³-hybridized carbons (Fsp3) is 0.385. The topological polar surface area (TPSA) is 105 Å². The third-order valence-electron chi connectivity index (χ3n) is 6.83. The Balaban J connectivity index is 1.56. The summed E-state index contributed by atoms with van der Waals surface area (Å²) in [7, 11) is -2.62. The highest BCUT2D eigenvalue weighted by Gasteiger charge is 2.37.